The Labute approximate surface area is 113 Å². The Morgan fingerprint density at radius 3 is 2.89 bits per heavy atom. The van der Waals surface area contributed by atoms with Gasteiger partial charge in [-0.3, -0.25) is 4.79 Å². The van der Waals surface area contributed by atoms with Crippen LogP contribution in [-0.4, -0.2) is 35.7 Å². The van der Waals surface area contributed by atoms with E-state index in [1.165, 1.54) is 12.8 Å². The van der Waals surface area contributed by atoms with Crippen molar-refractivity contribution in [3.05, 3.63) is 18.3 Å². The largest absolute Gasteiger partial charge is 0.396 e. The van der Waals surface area contributed by atoms with E-state index in [0.29, 0.717) is 19.3 Å². The van der Waals surface area contributed by atoms with Gasteiger partial charge in [-0.2, -0.15) is 0 Å². The van der Waals surface area contributed by atoms with Crippen LogP contribution in [0.15, 0.2) is 18.3 Å². The summed E-state index contributed by atoms with van der Waals surface area (Å²) in [6.45, 7) is 2.15. The summed E-state index contributed by atoms with van der Waals surface area (Å²) in [6.07, 6.45) is 5.94. The smallest absolute Gasteiger partial charge is 0.224 e. The highest BCUT2D eigenvalue weighted by atomic mass is 16.3. The minimum Gasteiger partial charge on any atom is -0.396 e. The molecule has 0 aliphatic carbocycles. The van der Waals surface area contributed by atoms with E-state index in [1.54, 1.807) is 6.20 Å². The Morgan fingerprint density at radius 2 is 2.16 bits per heavy atom. The van der Waals surface area contributed by atoms with Crippen LogP contribution in [0.1, 0.15) is 32.1 Å². The molecule has 1 saturated heterocycles. The molecule has 0 bridgehead atoms. The summed E-state index contributed by atoms with van der Waals surface area (Å²) in [7, 11) is 0. The van der Waals surface area contributed by atoms with E-state index in [4.69, 9.17) is 5.11 Å². The highest BCUT2D eigenvalue weighted by Crippen LogP contribution is 2.26. The van der Waals surface area contributed by atoms with Gasteiger partial charge in [-0.15, -0.1) is 0 Å². The summed E-state index contributed by atoms with van der Waals surface area (Å²) >= 11 is 0. The molecule has 1 aromatic rings. The predicted molar refractivity (Wildman–Crippen MR) is 75.3 cm³/mol. The number of anilines is 2. The van der Waals surface area contributed by atoms with Crippen molar-refractivity contribution in [3.63, 3.8) is 0 Å². The average molecular weight is 263 g/mol. The first-order chi connectivity index (χ1) is 9.31. The third kappa shape index (κ3) is 3.92. The number of aromatic nitrogens is 1. The quantitative estimate of drug-likeness (QED) is 0.768. The molecule has 0 aromatic carbocycles. The molecular weight excluding hydrogens is 242 g/mol. The minimum atomic E-state index is -0.0121. The van der Waals surface area contributed by atoms with E-state index in [9.17, 15) is 4.79 Å². The fraction of sp³-hybridized carbons (Fsp3) is 0.571. The number of hydrogen-bond donors (Lipinski definition) is 2. The maximum absolute atomic E-state index is 11.8. The molecule has 2 heterocycles. The van der Waals surface area contributed by atoms with E-state index in [1.807, 2.05) is 12.1 Å². The molecule has 0 atom stereocenters. The molecule has 104 valence electrons. The van der Waals surface area contributed by atoms with E-state index < -0.39 is 0 Å². The van der Waals surface area contributed by atoms with Crippen LogP contribution in [0.5, 0.6) is 0 Å². The van der Waals surface area contributed by atoms with Crippen molar-refractivity contribution in [2.45, 2.75) is 32.1 Å². The summed E-state index contributed by atoms with van der Waals surface area (Å²) in [5.74, 6) is 0.859. The highest BCUT2D eigenvalue weighted by Gasteiger charge is 2.17. The second-order valence-electron chi connectivity index (χ2n) is 4.80. The molecule has 0 spiro atoms. The zero-order chi connectivity index (χ0) is 13.5. The van der Waals surface area contributed by atoms with Crippen LogP contribution in [0.2, 0.25) is 0 Å². The first kappa shape index (κ1) is 13.8. The molecule has 1 aromatic heterocycles. The Morgan fingerprint density at radius 1 is 1.37 bits per heavy atom. The first-order valence-electron chi connectivity index (χ1n) is 6.92. The molecule has 19 heavy (non-hydrogen) atoms. The first-order valence-corrected chi connectivity index (χ1v) is 6.92. The second kappa shape index (κ2) is 7.09. The van der Waals surface area contributed by atoms with Crippen molar-refractivity contribution in [1.29, 1.82) is 0 Å². The number of nitrogens with one attached hydrogen (secondary N) is 1. The number of aliphatic hydroxyl groups excluding tert-OH is 1. The average Bonchev–Trinajstić information content (AvgIpc) is 2.93. The molecule has 0 radical (unpaired) electrons. The van der Waals surface area contributed by atoms with Gasteiger partial charge in [0.2, 0.25) is 5.91 Å². The van der Waals surface area contributed by atoms with Gasteiger partial charge in [0.15, 0.2) is 5.82 Å². The van der Waals surface area contributed by atoms with Gasteiger partial charge in [0.25, 0.3) is 0 Å². The number of rotatable bonds is 6. The van der Waals surface area contributed by atoms with Gasteiger partial charge in [0.05, 0.1) is 5.69 Å². The minimum absolute atomic E-state index is 0.0121. The van der Waals surface area contributed by atoms with E-state index in [-0.39, 0.29) is 12.5 Å². The summed E-state index contributed by atoms with van der Waals surface area (Å²) in [5, 5.41) is 11.6. The lowest BCUT2D eigenvalue weighted by atomic mass is 10.2. The van der Waals surface area contributed by atoms with Gasteiger partial charge in [0.1, 0.15) is 0 Å². The Balaban J connectivity index is 1.97. The SMILES string of the molecule is O=C(CCCCO)Nc1cccnc1N1CCCC1. The molecule has 5 nitrogen and oxygen atoms in total. The van der Waals surface area contributed by atoms with Crippen molar-refractivity contribution in [2.75, 3.05) is 29.9 Å². The van der Waals surface area contributed by atoms with Gasteiger partial charge < -0.3 is 15.3 Å². The van der Waals surface area contributed by atoms with Gasteiger partial charge in [-0.1, -0.05) is 0 Å². The van der Waals surface area contributed by atoms with E-state index in [0.717, 1.165) is 24.6 Å². The van der Waals surface area contributed by atoms with Gasteiger partial charge >= 0.3 is 0 Å². The highest BCUT2D eigenvalue weighted by molar-refractivity contribution is 5.93. The van der Waals surface area contributed by atoms with Crippen molar-refractivity contribution < 1.29 is 9.90 Å². The third-order valence-electron chi connectivity index (χ3n) is 3.28. The fourth-order valence-electron chi connectivity index (χ4n) is 2.29. The lowest BCUT2D eigenvalue weighted by molar-refractivity contribution is -0.116. The topological polar surface area (TPSA) is 65.5 Å². The van der Waals surface area contributed by atoms with Crippen LogP contribution < -0.4 is 10.2 Å². The molecule has 2 N–H and O–H groups in total. The number of nitrogens with zero attached hydrogens (tertiary/aromatic N) is 2. The Bertz CT molecular complexity index is 417. The van der Waals surface area contributed by atoms with Crippen LogP contribution in [0, 0.1) is 0 Å². The Kier molecular flexibility index (Phi) is 5.15. The number of pyridine rings is 1. The van der Waals surface area contributed by atoms with Crippen LogP contribution in [0.25, 0.3) is 0 Å². The fourth-order valence-corrected chi connectivity index (χ4v) is 2.29. The van der Waals surface area contributed by atoms with Crippen LogP contribution >= 0.6 is 0 Å². The molecular formula is C14H21N3O2. The molecule has 0 saturated carbocycles. The number of carbonyl (C=O) groups is 1. The lowest BCUT2D eigenvalue weighted by Gasteiger charge is -2.19. The number of aliphatic hydroxyl groups is 1. The number of unbranched alkanes of at least 4 members (excludes halogenated alkanes) is 1. The van der Waals surface area contributed by atoms with Crippen molar-refractivity contribution in [3.8, 4) is 0 Å². The van der Waals surface area contributed by atoms with Crippen LogP contribution in [0.4, 0.5) is 11.5 Å². The maximum atomic E-state index is 11.8. The van der Waals surface area contributed by atoms with Crippen molar-refractivity contribution in [2.24, 2.45) is 0 Å². The van der Waals surface area contributed by atoms with E-state index >= 15 is 0 Å². The third-order valence-corrected chi connectivity index (χ3v) is 3.28. The number of amides is 1. The molecule has 1 amide bonds. The van der Waals surface area contributed by atoms with Crippen LogP contribution in [-0.2, 0) is 4.79 Å². The summed E-state index contributed by atoms with van der Waals surface area (Å²) in [5.41, 5.74) is 0.790. The summed E-state index contributed by atoms with van der Waals surface area (Å²) < 4.78 is 0. The zero-order valence-electron chi connectivity index (χ0n) is 11.1. The standard InChI is InChI=1S/C14H21N3O2/c18-11-4-1-7-13(19)16-12-6-5-8-15-14(12)17-9-2-3-10-17/h5-6,8,18H,1-4,7,9-11H2,(H,16,19). The van der Waals surface area contributed by atoms with Crippen LogP contribution in [0.3, 0.4) is 0 Å². The normalized spacial score (nSPS) is 14.7. The summed E-state index contributed by atoms with van der Waals surface area (Å²) in [6, 6.07) is 3.73. The monoisotopic (exact) mass is 263 g/mol. The Hall–Kier alpha value is -1.62. The number of carbonyl (C=O) groups excluding carboxylic acids is 1. The number of hydrogen-bond acceptors (Lipinski definition) is 4. The molecule has 1 aliphatic heterocycles. The maximum Gasteiger partial charge on any atom is 0.224 e. The molecule has 5 heteroatoms. The van der Waals surface area contributed by atoms with Gasteiger partial charge in [-0.25, -0.2) is 4.98 Å². The molecule has 2 rings (SSSR count). The van der Waals surface area contributed by atoms with Gasteiger partial charge in [-0.05, 0) is 37.8 Å². The molecule has 1 aliphatic rings. The zero-order valence-corrected chi connectivity index (χ0v) is 11.1. The second-order valence-corrected chi connectivity index (χ2v) is 4.80. The molecule has 1 fully saturated rings. The summed E-state index contributed by atoms with van der Waals surface area (Å²) in [4.78, 5) is 18.4. The van der Waals surface area contributed by atoms with Crippen molar-refractivity contribution in [1.82, 2.24) is 4.98 Å². The molecule has 0 unspecified atom stereocenters. The lowest BCUT2D eigenvalue weighted by Crippen LogP contribution is -2.22. The van der Waals surface area contributed by atoms with E-state index in [2.05, 4.69) is 15.2 Å². The van der Waals surface area contributed by atoms with Crippen molar-refractivity contribution >= 4 is 17.4 Å². The van der Waals surface area contributed by atoms with Gasteiger partial charge in [0, 0.05) is 32.3 Å². The predicted octanol–water partition coefficient (Wildman–Crippen LogP) is 1.78.